The average Bonchev–Trinajstić information content (AvgIpc) is 3.34. The number of unbranched alkanes of at least 4 members (excludes halogenated alkanes) is 4. The van der Waals surface area contributed by atoms with Gasteiger partial charge in [-0.3, -0.25) is 0 Å². The van der Waals surface area contributed by atoms with Gasteiger partial charge in [0.05, 0.1) is 26.4 Å². The number of alkyl halides is 7. The van der Waals surface area contributed by atoms with Crippen molar-refractivity contribution in [3.8, 4) is 45.3 Å². The van der Waals surface area contributed by atoms with Crippen molar-refractivity contribution in [2.75, 3.05) is 39.6 Å². The third-order valence-corrected chi connectivity index (χ3v) is 11.6. The highest BCUT2D eigenvalue weighted by atomic mass is 19.4. The van der Waals surface area contributed by atoms with Crippen LogP contribution in [0.3, 0.4) is 0 Å². The van der Waals surface area contributed by atoms with Gasteiger partial charge >= 0.3 is 18.4 Å². The summed E-state index contributed by atoms with van der Waals surface area (Å²) in [7, 11) is 0. The first-order valence-corrected chi connectivity index (χ1v) is 23.9. The summed E-state index contributed by atoms with van der Waals surface area (Å²) < 4.78 is 257. The fourth-order valence-corrected chi connectivity index (χ4v) is 7.86. The van der Waals surface area contributed by atoms with Crippen LogP contribution in [0.1, 0.15) is 75.0 Å². The van der Waals surface area contributed by atoms with Crippen molar-refractivity contribution in [1.29, 1.82) is 0 Å². The number of benzene rings is 6. The highest BCUT2D eigenvalue weighted by Gasteiger charge is 2.44. The van der Waals surface area contributed by atoms with E-state index in [1.165, 1.54) is 48.5 Å². The standard InChI is InChI=1S/C55H48F16O6/c1-2-9-32(31-73-19-6-4-8-21-75-38-16-12-34(13-17-38)36-24-43(58)51(44(59)25-36)55(70,71)77-40-28-47(62)52(64)48(63)29-40)30-72-18-5-3-7-20-74-37-14-10-33(11-15-37)35-22-41(56)50(42(57)23-35)54(68,69)76-39-26-45(60)49(46(61)27-39)53(65,66)67/h10-17,22-29,32H,2-9,18-21,30-31H2,1H3. The van der Waals surface area contributed by atoms with Crippen molar-refractivity contribution in [1.82, 2.24) is 0 Å². The van der Waals surface area contributed by atoms with E-state index in [1.54, 1.807) is 0 Å². The van der Waals surface area contributed by atoms with Crippen molar-refractivity contribution in [2.24, 2.45) is 5.92 Å². The van der Waals surface area contributed by atoms with E-state index in [9.17, 15) is 70.2 Å². The Labute approximate surface area is 431 Å². The lowest BCUT2D eigenvalue weighted by Gasteiger charge is -2.21. The normalized spacial score (nSPS) is 12.5. The molecule has 0 fully saturated rings. The Morgan fingerprint density at radius 1 is 0.377 bits per heavy atom. The van der Waals surface area contributed by atoms with Gasteiger partial charge in [-0.2, -0.15) is 30.7 Å². The topological polar surface area (TPSA) is 55.4 Å². The Morgan fingerprint density at radius 3 is 1.06 bits per heavy atom. The molecule has 0 aliphatic carbocycles. The van der Waals surface area contributed by atoms with Gasteiger partial charge in [0.15, 0.2) is 17.5 Å². The van der Waals surface area contributed by atoms with E-state index >= 15 is 0 Å². The summed E-state index contributed by atoms with van der Waals surface area (Å²) in [6.45, 7) is 4.86. The lowest BCUT2D eigenvalue weighted by molar-refractivity contribution is -0.190. The molecule has 0 heterocycles. The van der Waals surface area contributed by atoms with Gasteiger partial charge in [0.2, 0.25) is 0 Å². The maximum atomic E-state index is 14.9. The molecular formula is C55H48F16O6. The van der Waals surface area contributed by atoms with Crippen molar-refractivity contribution < 1.29 is 98.7 Å². The second-order valence-electron chi connectivity index (χ2n) is 17.5. The molecule has 0 aromatic heterocycles. The van der Waals surface area contributed by atoms with Crippen LogP contribution in [0.25, 0.3) is 22.3 Å². The zero-order valence-electron chi connectivity index (χ0n) is 40.7. The van der Waals surface area contributed by atoms with Gasteiger partial charge in [0.25, 0.3) is 0 Å². The summed E-state index contributed by atoms with van der Waals surface area (Å²) in [5, 5.41) is 0. The molecule has 0 aliphatic heterocycles. The molecule has 6 nitrogen and oxygen atoms in total. The molecule has 1 atom stereocenters. The molecule has 0 saturated heterocycles. The molecule has 77 heavy (non-hydrogen) atoms. The highest BCUT2D eigenvalue weighted by molar-refractivity contribution is 5.66. The molecule has 6 aromatic carbocycles. The zero-order valence-corrected chi connectivity index (χ0v) is 40.7. The van der Waals surface area contributed by atoms with Crippen LogP contribution >= 0.6 is 0 Å². The van der Waals surface area contributed by atoms with E-state index in [4.69, 9.17) is 18.9 Å². The van der Waals surface area contributed by atoms with E-state index < -0.39 is 98.9 Å². The first-order chi connectivity index (χ1) is 36.5. The van der Waals surface area contributed by atoms with Crippen molar-refractivity contribution in [3.63, 3.8) is 0 Å². The van der Waals surface area contributed by atoms with Crippen molar-refractivity contribution >= 4 is 0 Å². The van der Waals surface area contributed by atoms with Gasteiger partial charge < -0.3 is 28.4 Å². The van der Waals surface area contributed by atoms with Crippen LogP contribution in [0.15, 0.2) is 97.1 Å². The Morgan fingerprint density at radius 2 is 0.714 bits per heavy atom. The highest BCUT2D eigenvalue weighted by Crippen LogP contribution is 2.41. The molecule has 0 saturated carbocycles. The quantitative estimate of drug-likeness (QED) is 0.0277. The van der Waals surface area contributed by atoms with Gasteiger partial charge in [0, 0.05) is 43.4 Å². The minimum absolute atomic E-state index is 0.0945. The lowest BCUT2D eigenvalue weighted by atomic mass is 10.0. The number of hydrogen-bond donors (Lipinski definition) is 0. The van der Waals surface area contributed by atoms with Crippen LogP contribution in [-0.4, -0.2) is 39.6 Å². The molecular weight excluding hydrogens is 1060 g/mol. The fourth-order valence-electron chi connectivity index (χ4n) is 7.86. The predicted molar refractivity (Wildman–Crippen MR) is 249 cm³/mol. The van der Waals surface area contributed by atoms with Crippen LogP contribution in [-0.2, 0) is 27.9 Å². The summed E-state index contributed by atoms with van der Waals surface area (Å²) in [4.78, 5) is 0. The van der Waals surface area contributed by atoms with Crippen LogP contribution in [0.2, 0.25) is 0 Å². The smallest absolute Gasteiger partial charge is 0.432 e. The largest absolute Gasteiger partial charge is 0.494 e. The van der Waals surface area contributed by atoms with Crippen molar-refractivity contribution in [3.05, 3.63) is 166 Å². The van der Waals surface area contributed by atoms with Gasteiger partial charge in [-0.25, -0.2) is 39.5 Å². The Bertz CT molecular complexity index is 2810. The lowest BCUT2D eigenvalue weighted by Crippen LogP contribution is -2.25. The van der Waals surface area contributed by atoms with E-state index in [0.717, 1.165) is 38.5 Å². The summed E-state index contributed by atoms with van der Waals surface area (Å²) in [6.07, 6.45) is -8.75. The van der Waals surface area contributed by atoms with Gasteiger partial charge in [-0.05, 0) is 116 Å². The monoisotopic (exact) mass is 1110 g/mol. The van der Waals surface area contributed by atoms with E-state index in [1.807, 2.05) is 0 Å². The number of ether oxygens (including phenoxy) is 6. The van der Waals surface area contributed by atoms with Crippen LogP contribution in [0.4, 0.5) is 70.2 Å². The van der Waals surface area contributed by atoms with Crippen molar-refractivity contribution in [2.45, 2.75) is 76.7 Å². The van der Waals surface area contributed by atoms with Crippen LogP contribution in [0.5, 0.6) is 23.0 Å². The molecule has 0 aliphatic rings. The fraction of sp³-hybridized carbons (Fsp3) is 0.345. The molecule has 1 unspecified atom stereocenters. The number of rotatable bonds is 28. The van der Waals surface area contributed by atoms with Crippen LogP contribution in [0, 0.1) is 58.3 Å². The summed E-state index contributed by atoms with van der Waals surface area (Å²) in [6, 6.07) is 14.2. The van der Waals surface area contributed by atoms with E-state index in [0.29, 0.717) is 88.2 Å². The SMILES string of the molecule is CCCC(COCCCCCOc1ccc(-c2cc(F)c(C(F)(F)Oc3cc(F)c(F)c(F)c3)c(F)c2)cc1)COCCCCCOc1ccc(-c2cc(F)c(C(F)(F)Oc3cc(F)c(C(F)(F)F)c(F)c3)c(F)c2)cc1. The Hall–Kier alpha value is -6.68. The predicted octanol–water partition coefficient (Wildman–Crippen LogP) is 16.8. The molecule has 0 bridgehead atoms. The molecule has 6 rings (SSSR count). The maximum Gasteiger partial charge on any atom is 0.432 e. The van der Waals surface area contributed by atoms with E-state index in [2.05, 4.69) is 16.4 Å². The van der Waals surface area contributed by atoms with E-state index in [-0.39, 0.29) is 52.4 Å². The molecule has 0 spiro atoms. The van der Waals surface area contributed by atoms with Gasteiger partial charge in [-0.1, -0.05) is 37.6 Å². The van der Waals surface area contributed by atoms with Crippen LogP contribution < -0.4 is 18.9 Å². The molecule has 6 aromatic rings. The summed E-state index contributed by atoms with van der Waals surface area (Å²) in [5.74, 6) is -18.7. The molecule has 0 amide bonds. The first-order valence-electron chi connectivity index (χ1n) is 23.9. The number of halogens is 16. The Kier molecular flexibility index (Phi) is 20.6. The third-order valence-electron chi connectivity index (χ3n) is 11.6. The molecule has 416 valence electrons. The molecule has 0 N–H and O–H groups in total. The Balaban J connectivity index is 0.823. The zero-order chi connectivity index (χ0) is 56.1. The number of hydrogen-bond acceptors (Lipinski definition) is 6. The van der Waals surface area contributed by atoms with Gasteiger partial charge in [0.1, 0.15) is 74.6 Å². The summed E-state index contributed by atoms with van der Waals surface area (Å²) >= 11 is 0. The second-order valence-corrected chi connectivity index (χ2v) is 17.5. The average molecular weight is 1110 g/mol. The third kappa shape index (κ3) is 16.4. The first kappa shape index (κ1) is 59.6. The minimum Gasteiger partial charge on any atom is -0.494 e. The molecule has 0 radical (unpaired) electrons. The summed E-state index contributed by atoms with van der Waals surface area (Å²) in [5.41, 5.74) is -5.88. The minimum atomic E-state index is -5.49. The maximum absolute atomic E-state index is 14.9. The molecule has 22 heteroatoms. The second kappa shape index (κ2) is 26.6. The van der Waals surface area contributed by atoms with Gasteiger partial charge in [-0.15, -0.1) is 0 Å².